The molecule has 2 heteroatoms. The first-order valence-electron chi connectivity index (χ1n) is 15.3. The van der Waals surface area contributed by atoms with Gasteiger partial charge in [0.25, 0.3) is 0 Å². The van der Waals surface area contributed by atoms with Crippen LogP contribution >= 0.6 is 0 Å². The lowest BCUT2D eigenvalue weighted by molar-refractivity contribution is 1.37. The summed E-state index contributed by atoms with van der Waals surface area (Å²) < 4.78 is 4.95. The molecule has 0 amide bonds. The lowest BCUT2D eigenvalue weighted by atomic mass is 9.94. The van der Waals surface area contributed by atoms with Crippen LogP contribution in [0, 0.1) is 0 Å². The average molecular weight is 557 g/mol. The Bertz CT molecular complexity index is 2840. The molecule has 0 bridgehead atoms. The highest BCUT2D eigenvalue weighted by molar-refractivity contribution is 6.29. The number of hydrogen-bond acceptors (Lipinski definition) is 0. The van der Waals surface area contributed by atoms with E-state index in [0.717, 1.165) is 0 Å². The zero-order valence-electron chi connectivity index (χ0n) is 23.8. The summed E-state index contributed by atoms with van der Waals surface area (Å²) in [5.74, 6) is 0. The van der Waals surface area contributed by atoms with Crippen LogP contribution in [0.15, 0.2) is 146 Å². The molecule has 11 rings (SSSR count). The Hall–Kier alpha value is -5.86. The van der Waals surface area contributed by atoms with Gasteiger partial charge in [-0.3, -0.25) is 0 Å². The highest BCUT2D eigenvalue weighted by atomic mass is 14.9. The van der Waals surface area contributed by atoms with Gasteiger partial charge in [-0.15, -0.1) is 0 Å². The van der Waals surface area contributed by atoms with Crippen LogP contribution in [0.2, 0.25) is 0 Å². The van der Waals surface area contributed by atoms with Gasteiger partial charge in [-0.25, -0.2) is 0 Å². The van der Waals surface area contributed by atoms with Crippen LogP contribution < -0.4 is 0 Å². The summed E-state index contributed by atoms with van der Waals surface area (Å²) in [5.41, 5.74) is 12.7. The maximum atomic E-state index is 2.49. The molecule has 0 saturated carbocycles. The molecule has 0 aliphatic heterocycles. The van der Waals surface area contributed by atoms with Crippen LogP contribution in [-0.2, 0) is 0 Å². The Morgan fingerprint density at radius 3 is 1.48 bits per heavy atom. The van der Waals surface area contributed by atoms with E-state index in [0.29, 0.717) is 0 Å². The van der Waals surface area contributed by atoms with Gasteiger partial charge in [0.15, 0.2) is 0 Å². The highest BCUT2D eigenvalue weighted by Crippen LogP contribution is 2.47. The zero-order chi connectivity index (χ0) is 28.5. The Morgan fingerprint density at radius 2 is 0.818 bits per heavy atom. The molecule has 0 spiro atoms. The number of fused-ring (bicyclic) bond motifs is 12. The summed E-state index contributed by atoms with van der Waals surface area (Å²) in [6.45, 7) is 0. The molecule has 0 fully saturated rings. The molecule has 0 N–H and O–H groups in total. The van der Waals surface area contributed by atoms with Crippen LogP contribution in [0.4, 0.5) is 0 Å². The standard InChI is InChI=1S/C42H24N2/c1-2-10-25(11-3-1)26-18-21-39-35(22-26)40-28(19-20-32-29-12-4-7-15-36(29)44(39)42(32)40)27-23-33-30-13-5-8-16-37(30)43-38-17-9-6-14-31(38)34(24-27)41(33)43/h1-24H. The molecule has 2 nitrogen and oxygen atoms in total. The molecule has 7 aromatic carbocycles. The van der Waals surface area contributed by atoms with Crippen LogP contribution in [0.1, 0.15) is 0 Å². The molecule has 0 saturated heterocycles. The van der Waals surface area contributed by atoms with Crippen LogP contribution in [0.3, 0.4) is 0 Å². The largest absolute Gasteiger partial charge is 0.308 e. The first kappa shape index (κ1) is 22.7. The number of aromatic nitrogens is 2. The maximum Gasteiger partial charge on any atom is 0.0626 e. The molecular formula is C42H24N2. The average Bonchev–Trinajstić information content (AvgIpc) is 3.81. The van der Waals surface area contributed by atoms with Crippen molar-refractivity contribution >= 4 is 76.2 Å². The van der Waals surface area contributed by atoms with Crippen molar-refractivity contribution in [2.45, 2.75) is 0 Å². The molecule has 0 atom stereocenters. The van der Waals surface area contributed by atoms with Gasteiger partial charge in [0.2, 0.25) is 0 Å². The first-order valence-corrected chi connectivity index (χ1v) is 15.3. The predicted molar refractivity (Wildman–Crippen MR) is 187 cm³/mol. The Morgan fingerprint density at radius 1 is 0.295 bits per heavy atom. The summed E-state index contributed by atoms with van der Waals surface area (Å²) in [6, 6.07) is 53.9. The van der Waals surface area contributed by atoms with Crippen molar-refractivity contribution in [2.75, 3.05) is 0 Å². The number of para-hydroxylation sites is 3. The third kappa shape index (κ3) is 2.68. The van der Waals surface area contributed by atoms with Gasteiger partial charge >= 0.3 is 0 Å². The van der Waals surface area contributed by atoms with Gasteiger partial charge in [0.05, 0.1) is 33.1 Å². The lowest BCUT2D eigenvalue weighted by Gasteiger charge is -2.08. The second-order valence-corrected chi connectivity index (χ2v) is 12.1. The molecule has 0 radical (unpaired) electrons. The number of hydrogen-bond donors (Lipinski definition) is 0. The summed E-state index contributed by atoms with van der Waals surface area (Å²) in [7, 11) is 0. The van der Waals surface area contributed by atoms with E-state index in [9.17, 15) is 0 Å². The molecule has 44 heavy (non-hydrogen) atoms. The first-order chi connectivity index (χ1) is 21.8. The van der Waals surface area contributed by atoms with Crippen molar-refractivity contribution in [1.29, 1.82) is 0 Å². The smallest absolute Gasteiger partial charge is 0.0626 e. The van der Waals surface area contributed by atoms with E-state index in [-0.39, 0.29) is 0 Å². The Kier molecular flexibility index (Phi) is 4.10. The molecule has 202 valence electrons. The minimum absolute atomic E-state index is 1.24. The van der Waals surface area contributed by atoms with Crippen molar-refractivity contribution in [3.8, 4) is 22.3 Å². The molecule has 4 heterocycles. The molecule has 0 unspecified atom stereocenters. The van der Waals surface area contributed by atoms with E-state index in [1.165, 1.54) is 98.4 Å². The second kappa shape index (κ2) is 7.94. The minimum atomic E-state index is 1.24. The summed E-state index contributed by atoms with van der Waals surface area (Å²) >= 11 is 0. The Labute approximate surface area is 252 Å². The summed E-state index contributed by atoms with van der Waals surface area (Å²) in [4.78, 5) is 0. The van der Waals surface area contributed by atoms with E-state index < -0.39 is 0 Å². The quantitative estimate of drug-likeness (QED) is 0.200. The van der Waals surface area contributed by atoms with Crippen molar-refractivity contribution in [3.63, 3.8) is 0 Å². The van der Waals surface area contributed by atoms with Crippen molar-refractivity contribution in [2.24, 2.45) is 0 Å². The van der Waals surface area contributed by atoms with Gasteiger partial charge in [0, 0.05) is 43.1 Å². The van der Waals surface area contributed by atoms with Gasteiger partial charge in [-0.2, -0.15) is 0 Å². The summed E-state index contributed by atoms with van der Waals surface area (Å²) in [6.07, 6.45) is 0. The molecule has 4 aromatic heterocycles. The van der Waals surface area contributed by atoms with E-state index in [1.807, 2.05) is 0 Å². The topological polar surface area (TPSA) is 8.82 Å². The van der Waals surface area contributed by atoms with Crippen molar-refractivity contribution in [1.82, 2.24) is 8.80 Å². The maximum absolute atomic E-state index is 2.49. The number of rotatable bonds is 2. The second-order valence-electron chi connectivity index (χ2n) is 12.1. The van der Waals surface area contributed by atoms with E-state index in [2.05, 4.69) is 154 Å². The van der Waals surface area contributed by atoms with Gasteiger partial charge in [-0.05, 0) is 64.7 Å². The molecule has 11 aromatic rings. The number of nitrogens with zero attached hydrogens (tertiary/aromatic N) is 2. The number of benzene rings is 7. The normalized spacial score (nSPS) is 12.5. The zero-order valence-corrected chi connectivity index (χ0v) is 23.8. The molecule has 0 aliphatic carbocycles. The molecular weight excluding hydrogens is 532 g/mol. The van der Waals surface area contributed by atoms with Crippen molar-refractivity contribution in [3.05, 3.63) is 146 Å². The third-order valence-electron chi connectivity index (χ3n) is 9.97. The van der Waals surface area contributed by atoms with Gasteiger partial charge in [-0.1, -0.05) is 103 Å². The van der Waals surface area contributed by atoms with Crippen LogP contribution in [0.25, 0.3) is 98.4 Å². The fourth-order valence-corrected chi connectivity index (χ4v) is 8.17. The highest BCUT2D eigenvalue weighted by Gasteiger charge is 2.23. The fourth-order valence-electron chi connectivity index (χ4n) is 8.17. The van der Waals surface area contributed by atoms with E-state index in [1.54, 1.807) is 0 Å². The monoisotopic (exact) mass is 556 g/mol. The van der Waals surface area contributed by atoms with E-state index in [4.69, 9.17) is 0 Å². The van der Waals surface area contributed by atoms with Crippen LogP contribution in [-0.4, -0.2) is 8.80 Å². The van der Waals surface area contributed by atoms with Gasteiger partial charge in [0.1, 0.15) is 0 Å². The fraction of sp³-hybridized carbons (Fsp3) is 0. The van der Waals surface area contributed by atoms with E-state index >= 15 is 0 Å². The third-order valence-corrected chi connectivity index (χ3v) is 9.97. The van der Waals surface area contributed by atoms with Gasteiger partial charge < -0.3 is 8.80 Å². The lowest BCUT2D eigenvalue weighted by Crippen LogP contribution is -1.83. The minimum Gasteiger partial charge on any atom is -0.308 e. The SMILES string of the molecule is c1ccc(-c2ccc3c(c2)c2c(-c4cc5c6ccccc6n6c7ccccc7c(c4)c56)ccc4c5ccccc5n3c42)cc1. The Balaban J connectivity index is 1.33. The molecule has 0 aliphatic rings. The summed E-state index contributed by atoms with van der Waals surface area (Å²) in [5, 5.41) is 10.5. The van der Waals surface area contributed by atoms with Crippen LogP contribution in [0.5, 0.6) is 0 Å². The predicted octanol–water partition coefficient (Wildman–Crippen LogP) is 11.3. The van der Waals surface area contributed by atoms with Crippen molar-refractivity contribution < 1.29 is 0 Å².